The Balaban J connectivity index is 1.48. The second kappa shape index (κ2) is 4.65. The molecule has 2 atom stereocenters. The van der Waals surface area contributed by atoms with E-state index in [1.54, 1.807) is 12.1 Å². The Morgan fingerprint density at radius 1 is 1.29 bits per heavy atom. The normalized spacial score (nSPS) is 27.6. The van der Waals surface area contributed by atoms with Gasteiger partial charge < -0.3 is 5.32 Å². The molecule has 0 amide bonds. The highest BCUT2D eigenvalue weighted by atomic mass is 19.1. The molecule has 1 saturated carbocycles. The van der Waals surface area contributed by atoms with E-state index in [0.717, 1.165) is 25.0 Å². The van der Waals surface area contributed by atoms with Crippen LogP contribution in [0.3, 0.4) is 0 Å². The van der Waals surface area contributed by atoms with Gasteiger partial charge in [0.25, 0.3) is 0 Å². The summed E-state index contributed by atoms with van der Waals surface area (Å²) in [5, 5.41) is 3.18. The largest absolute Gasteiger partial charge is 0.381 e. The van der Waals surface area contributed by atoms with E-state index < -0.39 is 0 Å². The first-order valence-corrected chi connectivity index (χ1v) is 6.55. The zero-order valence-corrected chi connectivity index (χ0v) is 10.0. The molecule has 1 heterocycles. The standard InChI is InChI=1S/C14H19FN2/c15-13-3-1-2-4-14(13)16-7-8-17-10-11-5-6-12(17)9-11/h1-4,11-12,16H,5-10H2. The van der Waals surface area contributed by atoms with Crippen LogP contribution in [0, 0.1) is 11.7 Å². The molecule has 1 aromatic rings. The Hall–Kier alpha value is -1.09. The smallest absolute Gasteiger partial charge is 0.146 e. The molecule has 3 rings (SSSR count). The number of fused-ring (bicyclic) bond motifs is 2. The predicted octanol–water partition coefficient (Wildman–Crippen LogP) is 2.72. The molecule has 0 radical (unpaired) electrons. The second-order valence-corrected chi connectivity index (χ2v) is 5.23. The predicted molar refractivity (Wildman–Crippen MR) is 67.6 cm³/mol. The molecule has 2 bridgehead atoms. The van der Waals surface area contributed by atoms with E-state index >= 15 is 0 Å². The van der Waals surface area contributed by atoms with Crippen LogP contribution in [-0.4, -0.2) is 30.6 Å². The van der Waals surface area contributed by atoms with Crippen molar-refractivity contribution in [3.05, 3.63) is 30.1 Å². The van der Waals surface area contributed by atoms with Gasteiger partial charge in [0.2, 0.25) is 0 Å². The van der Waals surface area contributed by atoms with E-state index in [0.29, 0.717) is 5.69 Å². The lowest BCUT2D eigenvalue weighted by Crippen LogP contribution is -2.35. The highest BCUT2D eigenvalue weighted by molar-refractivity contribution is 5.44. The van der Waals surface area contributed by atoms with Crippen molar-refractivity contribution in [1.82, 2.24) is 4.90 Å². The van der Waals surface area contributed by atoms with Crippen molar-refractivity contribution in [2.45, 2.75) is 25.3 Å². The van der Waals surface area contributed by atoms with Gasteiger partial charge in [0.05, 0.1) is 5.69 Å². The van der Waals surface area contributed by atoms with Crippen molar-refractivity contribution in [2.75, 3.05) is 25.0 Å². The van der Waals surface area contributed by atoms with Crippen LogP contribution in [0.5, 0.6) is 0 Å². The molecule has 1 aliphatic heterocycles. The molecular weight excluding hydrogens is 215 g/mol. The minimum atomic E-state index is -0.157. The number of hydrogen-bond acceptors (Lipinski definition) is 2. The summed E-state index contributed by atoms with van der Waals surface area (Å²) in [5.41, 5.74) is 0.622. The van der Waals surface area contributed by atoms with Crippen molar-refractivity contribution in [3.63, 3.8) is 0 Å². The van der Waals surface area contributed by atoms with Crippen LogP contribution in [0.15, 0.2) is 24.3 Å². The number of halogens is 1. The molecule has 2 nitrogen and oxygen atoms in total. The Kier molecular flexibility index (Phi) is 3.02. The number of rotatable bonds is 4. The first-order valence-electron chi connectivity index (χ1n) is 6.55. The van der Waals surface area contributed by atoms with Crippen LogP contribution >= 0.6 is 0 Å². The van der Waals surface area contributed by atoms with E-state index in [2.05, 4.69) is 10.2 Å². The SMILES string of the molecule is Fc1ccccc1NCCN1CC2CCC1C2. The molecule has 92 valence electrons. The number of piperidine rings is 1. The number of benzene rings is 1. The highest BCUT2D eigenvalue weighted by Crippen LogP contribution is 2.36. The Morgan fingerprint density at radius 2 is 2.18 bits per heavy atom. The van der Waals surface area contributed by atoms with Crippen LogP contribution in [-0.2, 0) is 0 Å². The Bertz CT molecular complexity index is 394. The molecular formula is C14H19FN2. The lowest BCUT2D eigenvalue weighted by molar-refractivity contribution is 0.221. The average molecular weight is 234 g/mol. The molecule has 2 aliphatic rings. The van der Waals surface area contributed by atoms with Gasteiger partial charge in [-0.25, -0.2) is 4.39 Å². The first kappa shape index (κ1) is 11.0. The maximum absolute atomic E-state index is 13.4. The molecule has 2 fully saturated rings. The van der Waals surface area contributed by atoms with Gasteiger partial charge in [-0.15, -0.1) is 0 Å². The molecule has 1 N–H and O–H groups in total. The zero-order valence-electron chi connectivity index (χ0n) is 10.0. The second-order valence-electron chi connectivity index (χ2n) is 5.23. The topological polar surface area (TPSA) is 15.3 Å². The van der Waals surface area contributed by atoms with E-state index in [4.69, 9.17) is 0 Å². The maximum Gasteiger partial charge on any atom is 0.146 e. The van der Waals surface area contributed by atoms with Gasteiger partial charge >= 0.3 is 0 Å². The zero-order chi connectivity index (χ0) is 11.7. The summed E-state index contributed by atoms with van der Waals surface area (Å²) < 4.78 is 13.4. The minimum absolute atomic E-state index is 0.157. The van der Waals surface area contributed by atoms with E-state index in [1.807, 2.05) is 6.07 Å². The van der Waals surface area contributed by atoms with Crippen molar-refractivity contribution in [2.24, 2.45) is 5.92 Å². The maximum atomic E-state index is 13.4. The van der Waals surface area contributed by atoms with Gasteiger partial charge in [-0.1, -0.05) is 12.1 Å². The fraction of sp³-hybridized carbons (Fsp3) is 0.571. The van der Waals surface area contributed by atoms with Crippen LogP contribution < -0.4 is 5.32 Å². The number of nitrogens with one attached hydrogen (secondary N) is 1. The van der Waals surface area contributed by atoms with Gasteiger partial charge in [0.15, 0.2) is 0 Å². The minimum Gasteiger partial charge on any atom is -0.381 e. The van der Waals surface area contributed by atoms with Crippen LogP contribution in [0.2, 0.25) is 0 Å². The number of likely N-dealkylation sites (tertiary alicyclic amines) is 1. The molecule has 0 aromatic heterocycles. The number of anilines is 1. The molecule has 0 spiro atoms. The Morgan fingerprint density at radius 3 is 2.88 bits per heavy atom. The quantitative estimate of drug-likeness (QED) is 0.861. The third-order valence-electron chi connectivity index (χ3n) is 4.11. The summed E-state index contributed by atoms with van der Waals surface area (Å²) in [4.78, 5) is 2.56. The summed E-state index contributed by atoms with van der Waals surface area (Å²) in [6, 6.07) is 7.69. The lowest BCUT2D eigenvalue weighted by atomic mass is 10.1. The third kappa shape index (κ3) is 2.29. The molecule has 3 heteroatoms. The van der Waals surface area contributed by atoms with E-state index in [-0.39, 0.29) is 5.82 Å². The van der Waals surface area contributed by atoms with Crippen molar-refractivity contribution in [3.8, 4) is 0 Å². The van der Waals surface area contributed by atoms with E-state index in [1.165, 1.54) is 31.9 Å². The summed E-state index contributed by atoms with van der Waals surface area (Å²) in [7, 11) is 0. The fourth-order valence-electron chi connectivity index (χ4n) is 3.24. The third-order valence-corrected chi connectivity index (χ3v) is 4.11. The van der Waals surface area contributed by atoms with E-state index in [9.17, 15) is 4.39 Å². The fourth-order valence-corrected chi connectivity index (χ4v) is 3.24. The number of para-hydroxylation sites is 1. The number of nitrogens with zero attached hydrogens (tertiary/aromatic N) is 1. The van der Waals surface area contributed by atoms with Gasteiger partial charge in [-0.05, 0) is 37.3 Å². The van der Waals surface area contributed by atoms with Crippen LogP contribution in [0.4, 0.5) is 10.1 Å². The molecule has 1 aromatic carbocycles. The molecule has 1 aliphatic carbocycles. The summed E-state index contributed by atoms with van der Waals surface area (Å²) >= 11 is 0. The Labute approximate surface area is 102 Å². The van der Waals surface area contributed by atoms with Gasteiger partial charge in [0, 0.05) is 25.7 Å². The number of hydrogen-bond donors (Lipinski definition) is 1. The molecule has 17 heavy (non-hydrogen) atoms. The summed E-state index contributed by atoms with van der Waals surface area (Å²) in [6.07, 6.45) is 4.17. The molecule has 2 unspecified atom stereocenters. The van der Waals surface area contributed by atoms with Crippen LogP contribution in [0.25, 0.3) is 0 Å². The summed E-state index contributed by atoms with van der Waals surface area (Å²) in [5.74, 6) is 0.781. The lowest BCUT2D eigenvalue weighted by Gasteiger charge is -2.26. The summed E-state index contributed by atoms with van der Waals surface area (Å²) in [6.45, 7) is 3.13. The van der Waals surface area contributed by atoms with Crippen molar-refractivity contribution < 1.29 is 4.39 Å². The van der Waals surface area contributed by atoms with Gasteiger partial charge in [0.1, 0.15) is 5.82 Å². The first-order chi connectivity index (χ1) is 8.33. The van der Waals surface area contributed by atoms with Crippen molar-refractivity contribution in [1.29, 1.82) is 0 Å². The highest BCUT2D eigenvalue weighted by Gasteiger charge is 2.36. The van der Waals surface area contributed by atoms with Gasteiger partial charge in [-0.2, -0.15) is 0 Å². The van der Waals surface area contributed by atoms with Gasteiger partial charge in [-0.3, -0.25) is 4.90 Å². The van der Waals surface area contributed by atoms with Crippen molar-refractivity contribution >= 4 is 5.69 Å². The monoisotopic (exact) mass is 234 g/mol. The average Bonchev–Trinajstić information content (AvgIpc) is 2.94. The van der Waals surface area contributed by atoms with Crippen LogP contribution in [0.1, 0.15) is 19.3 Å². The molecule has 1 saturated heterocycles.